The van der Waals surface area contributed by atoms with Crippen molar-refractivity contribution in [3.63, 3.8) is 0 Å². The molecule has 0 radical (unpaired) electrons. The Morgan fingerprint density at radius 2 is 1.84 bits per heavy atom. The van der Waals surface area contributed by atoms with E-state index in [4.69, 9.17) is 0 Å². The first-order valence-electron chi connectivity index (χ1n) is 13.6. The third-order valence-electron chi connectivity index (χ3n) is 8.68. The molecule has 1 N–H and O–H groups in total. The zero-order valence-corrected chi connectivity index (χ0v) is 23.4. The minimum atomic E-state index is -0.149. The molecule has 1 aliphatic heterocycles. The number of carbonyl (C=O) groups is 1. The van der Waals surface area contributed by atoms with Crippen LogP contribution in [0.5, 0.6) is 0 Å². The van der Waals surface area contributed by atoms with Crippen LogP contribution in [0.2, 0.25) is 0 Å². The van der Waals surface area contributed by atoms with Crippen LogP contribution >= 0.6 is 23.1 Å². The molecule has 0 saturated heterocycles. The molecule has 2 heterocycles. The Kier molecular flexibility index (Phi) is 6.70. The zero-order chi connectivity index (χ0) is 25.7. The molecule has 5 nitrogen and oxygen atoms in total. The van der Waals surface area contributed by atoms with E-state index in [1.165, 1.54) is 46.7 Å². The highest BCUT2D eigenvalue weighted by atomic mass is 32.2. The SMILES string of the molecule is CCN(CC)c1ccc([C@@H]2c3sc(=O)n(CC(=O)Nc4cccc(C)c4)c3S[C@@H]3[C@H]4CC[C@@H](C4)[C@@H]23)cc1. The summed E-state index contributed by atoms with van der Waals surface area (Å²) in [6.07, 6.45) is 3.91. The van der Waals surface area contributed by atoms with E-state index in [1.54, 1.807) is 4.57 Å². The molecule has 1 amide bonds. The third-order valence-corrected chi connectivity index (χ3v) is 11.5. The number of hydrogen-bond acceptors (Lipinski definition) is 5. The number of fused-ring (bicyclic) bond motifs is 6. The highest BCUT2D eigenvalue weighted by Gasteiger charge is 2.55. The number of benzene rings is 2. The minimum Gasteiger partial charge on any atom is -0.372 e. The molecule has 194 valence electrons. The molecule has 0 spiro atoms. The number of aryl methyl sites for hydroxylation is 1. The molecule has 0 unspecified atom stereocenters. The molecule has 7 heteroatoms. The highest BCUT2D eigenvalue weighted by Crippen LogP contribution is 2.64. The van der Waals surface area contributed by atoms with Crippen molar-refractivity contribution in [3.8, 4) is 0 Å². The number of aromatic nitrogens is 1. The van der Waals surface area contributed by atoms with Gasteiger partial charge in [0.15, 0.2) is 0 Å². The van der Waals surface area contributed by atoms with Gasteiger partial charge in [-0.15, -0.1) is 11.8 Å². The molecule has 1 aromatic heterocycles. The first kappa shape index (κ1) is 24.8. The number of thiazole rings is 1. The Bertz CT molecular complexity index is 1360. The summed E-state index contributed by atoms with van der Waals surface area (Å²) in [5.74, 6) is 2.11. The van der Waals surface area contributed by atoms with E-state index in [0.717, 1.165) is 41.2 Å². The van der Waals surface area contributed by atoms with Crippen LogP contribution in [-0.2, 0) is 11.3 Å². The van der Waals surface area contributed by atoms with E-state index in [1.807, 2.05) is 43.0 Å². The summed E-state index contributed by atoms with van der Waals surface area (Å²) in [6.45, 7) is 8.43. The molecular weight excluding hydrogens is 498 g/mol. The maximum atomic E-state index is 13.3. The fourth-order valence-electron chi connectivity index (χ4n) is 7.01. The second kappa shape index (κ2) is 9.99. The van der Waals surface area contributed by atoms with Crippen LogP contribution in [0.25, 0.3) is 0 Å². The number of nitrogens with zero attached hydrogens (tertiary/aromatic N) is 2. The van der Waals surface area contributed by atoms with Gasteiger partial charge in [0, 0.05) is 40.5 Å². The monoisotopic (exact) mass is 533 g/mol. The summed E-state index contributed by atoms with van der Waals surface area (Å²) in [4.78, 5) is 29.9. The minimum absolute atomic E-state index is 0.0195. The Morgan fingerprint density at radius 1 is 1.08 bits per heavy atom. The summed E-state index contributed by atoms with van der Waals surface area (Å²) in [6, 6.07) is 16.9. The van der Waals surface area contributed by atoms with Gasteiger partial charge in [-0.05, 0) is 93.2 Å². The average Bonchev–Trinajstić information content (AvgIpc) is 3.58. The standard InChI is InChI=1S/C30H35N3O2S2/c1-4-32(5-2)23-13-11-19(12-14-23)25-26-20-9-10-21(16-20)27(26)36-29-28(25)37-30(35)33(29)17-24(34)31-22-8-6-7-18(3)15-22/h6-8,11-15,20-21,25-27H,4-5,9-10,16-17H2,1-3H3,(H,31,34)/t20-,21-,25-,26-,27+/m0/s1. The lowest BCUT2D eigenvalue weighted by Gasteiger charge is -2.40. The van der Waals surface area contributed by atoms with Crippen molar-refractivity contribution in [2.24, 2.45) is 17.8 Å². The van der Waals surface area contributed by atoms with Gasteiger partial charge in [0.25, 0.3) is 0 Å². The summed E-state index contributed by atoms with van der Waals surface area (Å²) >= 11 is 3.25. The van der Waals surface area contributed by atoms with E-state index in [0.29, 0.717) is 11.2 Å². The van der Waals surface area contributed by atoms with Crippen molar-refractivity contribution in [1.29, 1.82) is 0 Å². The molecule has 2 aliphatic carbocycles. The molecular formula is C30H35N3O2S2. The smallest absolute Gasteiger partial charge is 0.308 e. The maximum absolute atomic E-state index is 13.3. The summed E-state index contributed by atoms with van der Waals surface area (Å²) < 4.78 is 1.75. The van der Waals surface area contributed by atoms with E-state index >= 15 is 0 Å². The van der Waals surface area contributed by atoms with Crippen LogP contribution in [0.4, 0.5) is 11.4 Å². The summed E-state index contributed by atoms with van der Waals surface area (Å²) in [5.41, 5.74) is 4.43. The normalized spacial score (nSPS) is 25.5. The lowest BCUT2D eigenvalue weighted by molar-refractivity contribution is -0.116. The molecule has 5 atom stereocenters. The summed E-state index contributed by atoms with van der Waals surface area (Å²) in [5, 5.41) is 4.55. The van der Waals surface area contributed by atoms with Gasteiger partial charge < -0.3 is 10.2 Å². The second-order valence-corrected chi connectivity index (χ2v) is 12.9. The van der Waals surface area contributed by atoms with E-state index in [2.05, 4.69) is 48.3 Å². The van der Waals surface area contributed by atoms with Crippen LogP contribution in [0.3, 0.4) is 0 Å². The number of hydrogen-bond donors (Lipinski definition) is 1. The molecule has 2 aromatic carbocycles. The van der Waals surface area contributed by atoms with Gasteiger partial charge >= 0.3 is 4.87 Å². The largest absolute Gasteiger partial charge is 0.372 e. The van der Waals surface area contributed by atoms with Crippen molar-refractivity contribution in [2.45, 2.75) is 62.8 Å². The number of carbonyl (C=O) groups excluding carboxylic acids is 1. The maximum Gasteiger partial charge on any atom is 0.308 e. The van der Waals surface area contributed by atoms with Gasteiger partial charge in [-0.1, -0.05) is 35.6 Å². The van der Waals surface area contributed by atoms with Crippen LogP contribution in [-0.4, -0.2) is 28.8 Å². The molecule has 3 aromatic rings. The van der Waals surface area contributed by atoms with Crippen molar-refractivity contribution >= 4 is 40.4 Å². The highest BCUT2D eigenvalue weighted by molar-refractivity contribution is 8.00. The molecule has 3 aliphatic rings. The lowest BCUT2D eigenvalue weighted by Crippen LogP contribution is -2.35. The number of thioether (sulfide) groups is 1. The molecule has 2 bridgehead atoms. The Morgan fingerprint density at radius 3 is 2.57 bits per heavy atom. The quantitative estimate of drug-likeness (QED) is 0.384. The predicted molar refractivity (Wildman–Crippen MR) is 154 cm³/mol. The molecule has 2 fully saturated rings. The first-order valence-corrected chi connectivity index (χ1v) is 15.3. The molecule has 2 saturated carbocycles. The van der Waals surface area contributed by atoms with Crippen LogP contribution < -0.4 is 15.1 Å². The van der Waals surface area contributed by atoms with Gasteiger partial charge in [0.2, 0.25) is 5.91 Å². The van der Waals surface area contributed by atoms with Crippen molar-refractivity contribution < 1.29 is 4.79 Å². The van der Waals surface area contributed by atoms with Gasteiger partial charge in [0.05, 0.1) is 5.03 Å². The summed E-state index contributed by atoms with van der Waals surface area (Å²) in [7, 11) is 0. The van der Waals surface area contributed by atoms with Gasteiger partial charge in [-0.3, -0.25) is 14.2 Å². The predicted octanol–water partition coefficient (Wildman–Crippen LogP) is 6.36. The molecule has 37 heavy (non-hydrogen) atoms. The van der Waals surface area contributed by atoms with E-state index in [9.17, 15) is 9.59 Å². The Balaban J connectivity index is 1.35. The van der Waals surface area contributed by atoms with Crippen LogP contribution in [0, 0.1) is 24.7 Å². The second-order valence-electron chi connectivity index (χ2n) is 10.8. The number of nitrogens with one attached hydrogen (secondary N) is 1. The third kappa shape index (κ3) is 4.44. The zero-order valence-electron chi connectivity index (χ0n) is 21.8. The molecule has 6 rings (SSSR count). The fraction of sp³-hybridized carbons (Fsp3) is 0.467. The van der Waals surface area contributed by atoms with Gasteiger partial charge in [-0.2, -0.15) is 0 Å². The van der Waals surface area contributed by atoms with Crippen molar-refractivity contribution in [1.82, 2.24) is 4.57 Å². The number of amides is 1. The average molecular weight is 534 g/mol. The van der Waals surface area contributed by atoms with Gasteiger partial charge in [0.1, 0.15) is 6.54 Å². The van der Waals surface area contributed by atoms with Crippen molar-refractivity contribution in [2.75, 3.05) is 23.3 Å². The fourth-order valence-corrected chi connectivity index (χ4v) is 10.2. The van der Waals surface area contributed by atoms with Gasteiger partial charge in [-0.25, -0.2) is 0 Å². The topological polar surface area (TPSA) is 54.3 Å². The Labute approximate surface area is 227 Å². The van der Waals surface area contributed by atoms with E-state index < -0.39 is 0 Å². The van der Waals surface area contributed by atoms with Crippen molar-refractivity contribution in [3.05, 3.63) is 74.2 Å². The first-order chi connectivity index (χ1) is 18.0. The number of anilines is 2. The van der Waals surface area contributed by atoms with Crippen LogP contribution in [0.15, 0.2) is 58.4 Å². The lowest BCUT2D eigenvalue weighted by atomic mass is 9.75. The van der Waals surface area contributed by atoms with E-state index in [-0.39, 0.29) is 23.2 Å². The number of rotatable bonds is 7. The van der Waals surface area contributed by atoms with Crippen LogP contribution in [0.1, 0.15) is 55.0 Å². The Hall–Kier alpha value is -2.51.